The highest BCUT2D eigenvalue weighted by molar-refractivity contribution is 5.96. The molecule has 0 aliphatic rings. The molecule has 0 saturated heterocycles. The van der Waals surface area contributed by atoms with Gasteiger partial charge in [0.15, 0.2) is 6.10 Å². The summed E-state index contributed by atoms with van der Waals surface area (Å²) < 4.78 is 15.5. The Hall–Kier alpha value is -3.28. The van der Waals surface area contributed by atoms with E-state index in [1.807, 2.05) is 24.3 Å². The summed E-state index contributed by atoms with van der Waals surface area (Å²) in [6.07, 6.45) is 2.83. The Morgan fingerprint density at radius 1 is 1.04 bits per heavy atom. The third-order valence-electron chi connectivity index (χ3n) is 4.08. The molecule has 1 amide bonds. The number of hydrogen-bond acceptors (Lipinski definition) is 5. The maximum Gasteiger partial charge on any atom is 0.331 e. The van der Waals surface area contributed by atoms with Crippen LogP contribution in [0.2, 0.25) is 0 Å². The van der Waals surface area contributed by atoms with Crippen molar-refractivity contribution in [3.8, 4) is 11.5 Å². The number of carbonyl (C=O) groups is 2. The van der Waals surface area contributed by atoms with Gasteiger partial charge in [0.05, 0.1) is 14.2 Å². The van der Waals surface area contributed by atoms with Crippen LogP contribution >= 0.6 is 0 Å². The van der Waals surface area contributed by atoms with Crippen LogP contribution in [-0.2, 0) is 20.7 Å². The fraction of sp³-hybridized carbons (Fsp3) is 0.273. The zero-order valence-corrected chi connectivity index (χ0v) is 16.5. The fourth-order valence-electron chi connectivity index (χ4n) is 2.42. The lowest BCUT2D eigenvalue weighted by molar-refractivity contribution is -0.148. The molecule has 6 heteroatoms. The van der Waals surface area contributed by atoms with Crippen molar-refractivity contribution in [2.45, 2.75) is 26.4 Å². The van der Waals surface area contributed by atoms with E-state index in [0.717, 1.165) is 6.42 Å². The minimum Gasteiger partial charge on any atom is -0.497 e. The first kappa shape index (κ1) is 21.0. The van der Waals surface area contributed by atoms with E-state index >= 15 is 0 Å². The molecule has 2 aromatic carbocycles. The van der Waals surface area contributed by atoms with Gasteiger partial charge in [0.2, 0.25) is 0 Å². The van der Waals surface area contributed by atoms with Crippen LogP contribution in [0.4, 0.5) is 5.69 Å². The Bertz CT molecular complexity index is 820. The summed E-state index contributed by atoms with van der Waals surface area (Å²) in [6, 6.07) is 12.8. The second kappa shape index (κ2) is 10.2. The number of esters is 1. The number of aryl methyl sites for hydroxylation is 1. The smallest absolute Gasteiger partial charge is 0.331 e. The molecule has 0 fully saturated rings. The second-order valence-electron chi connectivity index (χ2n) is 6.10. The van der Waals surface area contributed by atoms with Crippen LogP contribution in [0.1, 0.15) is 25.0 Å². The molecule has 0 aromatic heterocycles. The number of methoxy groups -OCH3 is 2. The highest BCUT2D eigenvalue weighted by Gasteiger charge is 2.16. The van der Waals surface area contributed by atoms with E-state index in [1.165, 1.54) is 18.6 Å². The number of rotatable bonds is 8. The van der Waals surface area contributed by atoms with Gasteiger partial charge in [-0.2, -0.15) is 0 Å². The van der Waals surface area contributed by atoms with Crippen LogP contribution < -0.4 is 14.8 Å². The Morgan fingerprint density at radius 2 is 1.64 bits per heavy atom. The Kier molecular flexibility index (Phi) is 7.63. The predicted molar refractivity (Wildman–Crippen MR) is 109 cm³/mol. The van der Waals surface area contributed by atoms with Crippen molar-refractivity contribution in [2.24, 2.45) is 0 Å². The van der Waals surface area contributed by atoms with Crippen molar-refractivity contribution < 1.29 is 23.8 Å². The van der Waals surface area contributed by atoms with Crippen molar-refractivity contribution >= 4 is 23.6 Å². The van der Waals surface area contributed by atoms with Gasteiger partial charge in [-0.05, 0) is 54.8 Å². The first-order valence-corrected chi connectivity index (χ1v) is 8.96. The Morgan fingerprint density at radius 3 is 2.18 bits per heavy atom. The van der Waals surface area contributed by atoms with Gasteiger partial charge >= 0.3 is 5.97 Å². The van der Waals surface area contributed by atoms with E-state index in [0.29, 0.717) is 22.7 Å². The highest BCUT2D eigenvalue weighted by Crippen LogP contribution is 2.23. The van der Waals surface area contributed by atoms with Gasteiger partial charge in [-0.15, -0.1) is 0 Å². The standard InChI is InChI=1S/C22H25NO5/c1-5-16-6-9-18(10-7-16)23-22(25)15(2)28-21(24)11-8-17-12-19(26-3)14-20(13-17)27-4/h6-15H,5H2,1-4H3,(H,23,25)/b11-8+/t15-/m1/s1. The monoisotopic (exact) mass is 383 g/mol. The molecule has 0 aliphatic heterocycles. The molecule has 0 aliphatic carbocycles. The largest absolute Gasteiger partial charge is 0.497 e. The topological polar surface area (TPSA) is 73.9 Å². The van der Waals surface area contributed by atoms with Crippen LogP contribution in [0.25, 0.3) is 6.08 Å². The number of carbonyl (C=O) groups excluding carboxylic acids is 2. The van der Waals surface area contributed by atoms with Gasteiger partial charge in [-0.3, -0.25) is 4.79 Å². The SMILES string of the molecule is CCc1ccc(NC(=O)[C@@H](C)OC(=O)/C=C/c2cc(OC)cc(OC)c2)cc1. The zero-order chi connectivity index (χ0) is 20.5. The van der Waals surface area contributed by atoms with E-state index < -0.39 is 18.0 Å². The van der Waals surface area contributed by atoms with Crippen LogP contribution in [0.5, 0.6) is 11.5 Å². The van der Waals surface area contributed by atoms with Crippen molar-refractivity contribution in [3.05, 3.63) is 59.7 Å². The predicted octanol–water partition coefficient (Wildman–Crippen LogP) is 3.85. The Balaban J connectivity index is 1.93. The molecular formula is C22H25NO5. The van der Waals surface area contributed by atoms with Crippen LogP contribution in [0, 0.1) is 0 Å². The normalized spacial score (nSPS) is 11.7. The maximum atomic E-state index is 12.2. The van der Waals surface area contributed by atoms with Crippen molar-refractivity contribution in [1.29, 1.82) is 0 Å². The lowest BCUT2D eigenvalue weighted by atomic mass is 10.1. The molecule has 2 rings (SSSR count). The summed E-state index contributed by atoms with van der Waals surface area (Å²) in [4.78, 5) is 24.2. The summed E-state index contributed by atoms with van der Waals surface area (Å²) in [6.45, 7) is 3.58. The third kappa shape index (κ3) is 6.16. The van der Waals surface area contributed by atoms with Gasteiger partial charge in [-0.1, -0.05) is 19.1 Å². The van der Waals surface area contributed by atoms with E-state index in [1.54, 1.807) is 38.5 Å². The molecule has 0 heterocycles. The number of ether oxygens (including phenoxy) is 3. The van der Waals surface area contributed by atoms with Gasteiger partial charge in [0.1, 0.15) is 11.5 Å². The van der Waals surface area contributed by atoms with E-state index in [4.69, 9.17) is 14.2 Å². The molecule has 28 heavy (non-hydrogen) atoms. The zero-order valence-electron chi connectivity index (χ0n) is 16.5. The molecule has 6 nitrogen and oxygen atoms in total. The first-order valence-electron chi connectivity index (χ1n) is 8.96. The molecule has 0 radical (unpaired) electrons. The van der Waals surface area contributed by atoms with Crippen molar-refractivity contribution in [1.82, 2.24) is 0 Å². The summed E-state index contributed by atoms with van der Waals surface area (Å²) in [5.41, 5.74) is 2.54. The quantitative estimate of drug-likeness (QED) is 0.554. The average Bonchev–Trinajstić information content (AvgIpc) is 2.72. The fourth-order valence-corrected chi connectivity index (χ4v) is 2.42. The summed E-state index contributed by atoms with van der Waals surface area (Å²) in [7, 11) is 3.10. The van der Waals surface area contributed by atoms with Crippen molar-refractivity contribution in [2.75, 3.05) is 19.5 Å². The number of anilines is 1. The Labute approximate surface area is 165 Å². The third-order valence-corrected chi connectivity index (χ3v) is 4.08. The minimum atomic E-state index is -0.928. The number of nitrogens with one attached hydrogen (secondary N) is 1. The van der Waals surface area contributed by atoms with E-state index in [-0.39, 0.29) is 0 Å². The van der Waals surface area contributed by atoms with Gasteiger partial charge in [0.25, 0.3) is 5.91 Å². The lowest BCUT2D eigenvalue weighted by Crippen LogP contribution is -2.29. The van der Waals surface area contributed by atoms with Crippen LogP contribution in [0.15, 0.2) is 48.5 Å². The molecule has 0 bridgehead atoms. The van der Waals surface area contributed by atoms with E-state index in [2.05, 4.69) is 12.2 Å². The molecule has 0 spiro atoms. The molecule has 1 N–H and O–H groups in total. The minimum absolute atomic E-state index is 0.394. The molecule has 1 atom stereocenters. The van der Waals surface area contributed by atoms with Crippen LogP contribution in [-0.4, -0.2) is 32.2 Å². The summed E-state index contributed by atoms with van der Waals surface area (Å²) in [5, 5.41) is 2.73. The van der Waals surface area contributed by atoms with Gasteiger partial charge in [-0.25, -0.2) is 4.79 Å². The maximum absolute atomic E-state index is 12.2. The van der Waals surface area contributed by atoms with E-state index in [9.17, 15) is 9.59 Å². The summed E-state index contributed by atoms with van der Waals surface area (Å²) in [5.74, 6) is 0.197. The summed E-state index contributed by atoms with van der Waals surface area (Å²) >= 11 is 0. The second-order valence-corrected chi connectivity index (χ2v) is 6.10. The highest BCUT2D eigenvalue weighted by atomic mass is 16.5. The van der Waals surface area contributed by atoms with Gasteiger partial charge < -0.3 is 19.5 Å². The number of amides is 1. The molecular weight excluding hydrogens is 358 g/mol. The number of hydrogen-bond donors (Lipinski definition) is 1. The van der Waals surface area contributed by atoms with Gasteiger partial charge in [0, 0.05) is 17.8 Å². The average molecular weight is 383 g/mol. The van der Waals surface area contributed by atoms with Crippen LogP contribution in [0.3, 0.4) is 0 Å². The molecule has 148 valence electrons. The molecule has 0 unspecified atom stereocenters. The molecule has 0 saturated carbocycles. The lowest BCUT2D eigenvalue weighted by Gasteiger charge is -2.12. The molecule has 2 aromatic rings. The first-order chi connectivity index (χ1) is 13.4. The van der Waals surface area contributed by atoms with Crippen molar-refractivity contribution in [3.63, 3.8) is 0 Å². The number of benzene rings is 2.